The molecular formula is C23H28N6O2. The third kappa shape index (κ3) is 5.21. The van der Waals surface area contributed by atoms with E-state index in [1.807, 2.05) is 56.3 Å². The van der Waals surface area contributed by atoms with Crippen LogP contribution in [0.2, 0.25) is 0 Å². The fraction of sp³-hybridized carbons (Fsp3) is 0.348. The topological polar surface area (TPSA) is 93.4 Å². The monoisotopic (exact) mass is 420 g/mol. The van der Waals surface area contributed by atoms with Crippen LogP contribution in [0.4, 0.5) is 16.4 Å². The lowest BCUT2D eigenvalue weighted by atomic mass is 10.1. The lowest BCUT2D eigenvalue weighted by molar-refractivity contribution is -0.121. The van der Waals surface area contributed by atoms with Crippen LogP contribution in [0.15, 0.2) is 42.5 Å². The smallest absolute Gasteiger partial charge is 0.325 e. The summed E-state index contributed by atoms with van der Waals surface area (Å²) in [4.78, 5) is 36.9. The van der Waals surface area contributed by atoms with Crippen molar-refractivity contribution in [1.82, 2.24) is 20.2 Å². The van der Waals surface area contributed by atoms with Crippen molar-refractivity contribution in [3.8, 4) is 0 Å². The number of anilines is 2. The molecule has 0 aliphatic carbocycles. The number of carbonyl (C=O) groups is 2. The van der Waals surface area contributed by atoms with E-state index in [2.05, 4.69) is 30.4 Å². The number of para-hydroxylation sites is 2. The van der Waals surface area contributed by atoms with Crippen molar-refractivity contribution in [3.05, 3.63) is 53.6 Å². The summed E-state index contributed by atoms with van der Waals surface area (Å²) >= 11 is 0. The van der Waals surface area contributed by atoms with Crippen LogP contribution in [0.1, 0.15) is 17.5 Å². The second-order valence-corrected chi connectivity index (χ2v) is 8.01. The average Bonchev–Trinajstić information content (AvgIpc) is 3.03. The van der Waals surface area contributed by atoms with Gasteiger partial charge >= 0.3 is 6.03 Å². The zero-order valence-electron chi connectivity index (χ0n) is 17.9. The van der Waals surface area contributed by atoms with E-state index in [1.165, 1.54) is 0 Å². The number of hydrogen-bond donors (Lipinski definition) is 3. The number of rotatable bonds is 4. The molecule has 0 bridgehead atoms. The fourth-order valence-corrected chi connectivity index (χ4v) is 3.91. The Balaban J connectivity index is 1.28. The Hall–Kier alpha value is -3.39. The minimum absolute atomic E-state index is 0.189. The van der Waals surface area contributed by atoms with Gasteiger partial charge in [-0.05, 0) is 44.0 Å². The highest BCUT2D eigenvalue weighted by Gasteiger charge is 2.20. The summed E-state index contributed by atoms with van der Waals surface area (Å²) in [6.45, 7) is 7.26. The molecule has 8 heteroatoms. The maximum Gasteiger partial charge on any atom is 0.325 e. The minimum Gasteiger partial charge on any atom is -0.341 e. The highest BCUT2D eigenvalue weighted by Crippen LogP contribution is 2.18. The van der Waals surface area contributed by atoms with Crippen LogP contribution in [-0.2, 0) is 4.79 Å². The van der Waals surface area contributed by atoms with E-state index in [1.54, 1.807) is 0 Å². The van der Waals surface area contributed by atoms with Gasteiger partial charge in [0.15, 0.2) is 0 Å². The first kappa shape index (κ1) is 20.9. The number of imide groups is 1. The van der Waals surface area contributed by atoms with Crippen molar-refractivity contribution < 1.29 is 9.59 Å². The quantitative estimate of drug-likeness (QED) is 0.603. The highest BCUT2D eigenvalue weighted by atomic mass is 16.2. The second kappa shape index (κ2) is 9.18. The van der Waals surface area contributed by atoms with Crippen LogP contribution in [0.5, 0.6) is 0 Å². The van der Waals surface area contributed by atoms with Crippen LogP contribution in [-0.4, -0.2) is 59.5 Å². The highest BCUT2D eigenvalue weighted by molar-refractivity contribution is 6.02. The van der Waals surface area contributed by atoms with E-state index in [0.717, 1.165) is 60.7 Å². The predicted molar refractivity (Wildman–Crippen MR) is 122 cm³/mol. The second-order valence-electron chi connectivity index (χ2n) is 8.01. The molecule has 1 aliphatic rings. The number of carbonyl (C=O) groups excluding carboxylic acids is 2. The molecule has 8 nitrogen and oxygen atoms in total. The summed E-state index contributed by atoms with van der Waals surface area (Å²) in [6.07, 6.45) is 0.916. The first-order valence-corrected chi connectivity index (χ1v) is 10.6. The maximum atomic E-state index is 12.4. The summed E-state index contributed by atoms with van der Waals surface area (Å²) in [7, 11) is 0. The number of H-pyrrole nitrogens is 1. The van der Waals surface area contributed by atoms with Crippen molar-refractivity contribution >= 4 is 34.6 Å². The largest absolute Gasteiger partial charge is 0.341 e. The number of amides is 3. The van der Waals surface area contributed by atoms with Gasteiger partial charge in [-0.1, -0.05) is 29.8 Å². The van der Waals surface area contributed by atoms with Crippen LogP contribution in [0.3, 0.4) is 0 Å². The first-order valence-electron chi connectivity index (χ1n) is 10.6. The van der Waals surface area contributed by atoms with Gasteiger partial charge in [0.1, 0.15) is 0 Å². The molecule has 3 aromatic rings. The third-order valence-corrected chi connectivity index (χ3v) is 5.52. The number of urea groups is 1. The van der Waals surface area contributed by atoms with Gasteiger partial charge in [0.05, 0.1) is 17.6 Å². The van der Waals surface area contributed by atoms with Gasteiger partial charge in [0.25, 0.3) is 0 Å². The standard InChI is InChI=1S/C23H28N6O2/c1-16-8-9-18(17(2)14-16)26-23(31)27-21(30)15-28-10-5-11-29(13-12-28)22-24-19-6-3-4-7-20(19)25-22/h3-4,6-9,14H,5,10-13,15H2,1-2H3,(H,24,25)(H2,26,27,30,31). The molecule has 0 atom stereocenters. The molecule has 0 unspecified atom stereocenters. The van der Waals surface area contributed by atoms with Gasteiger partial charge in [-0.3, -0.25) is 15.0 Å². The van der Waals surface area contributed by atoms with E-state index in [0.29, 0.717) is 5.69 Å². The number of nitrogens with zero attached hydrogens (tertiary/aromatic N) is 3. The van der Waals surface area contributed by atoms with E-state index >= 15 is 0 Å². The fourth-order valence-electron chi connectivity index (χ4n) is 3.91. The number of nitrogens with one attached hydrogen (secondary N) is 3. The molecule has 4 rings (SSSR count). The Morgan fingerprint density at radius 1 is 1.06 bits per heavy atom. The Kier molecular flexibility index (Phi) is 6.18. The summed E-state index contributed by atoms with van der Waals surface area (Å²) in [5.41, 5.74) is 4.76. The number of benzene rings is 2. The molecule has 0 radical (unpaired) electrons. The zero-order valence-corrected chi connectivity index (χ0v) is 17.9. The van der Waals surface area contributed by atoms with Gasteiger partial charge in [-0.2, -0.15) is 0 Å². The van der Waals surface area contributed by atoms with Crippen LogP contribution >= 0.6 is 0 Å². The molecule has 1 aromatic heterocycles. The van der Waals surface area contributed by atoms with Gasteiger partial charge in [0.2, 0.25) is 11.9 Å². The lowest BCUT2D eigenvalue weighted by Crippen LogP contribution is -2.43. The normalized spacial score (nSPS) is 15.0. The van der Waals surface area contributed by atoms with Crippen molar-refractivity contribution in [2.75, 3.05) is 42.9 Å². The van der Waals surface area contributed by atoms with Gasteiger partial charge in [-0.25, -0.2) is 9.78 Å². The molecule has 2 heterocycles. The Morgan fingerprint density at radius 2 is 1.90 bits per heavy atom. The molecule has 1 saturated heterocycles. The molecule has 1 fully saturated rings. The minimum atomic E-state index is -0.504. The van der Waals surface area contributed by atoms with E-state index < -0.39 is 6.03 Å². The Bertz CT molecular complexity index is 1060. The summed E-state index contributed by atoms with van der Waals surface area (Å²) < 4.78 is 0. The van der Waals surface area contributed by atoms with E-state index in [-0.39, 0.29) is 12.5 Å². The average molecular weight is 421 g/mol. The third-order valence-electron chi connectivity index (χ3n) is 5.52. The van der Waals surface area contributed by atoms with Crippen molar-refractivity contribution in [3.63, 3.8) is 0 Å². The molecular weight excluding hydrogens is 392 g/mol. The summed E-state index contributed by atoms with van der Waals surface area (Å²) in [5, 5.41) is 5.18. The van der Waals surface area contributed by atoms with E-state index in [9.17, 15) is 9.59 Å². The van der Waals surface area contributed by atoms with E-state index in [4.69, 9.17) is 0 Å². The summed E-state index contributed by atoms with van der Waals surface area (Å²) in [5.74, 6) is 0.555. The Labute approximate surface area is 181 Å². The van der Waals surface area contributed by atoms with Gasteiger partial charge < -0.3 is 15.2 Å². The van der Waals surface area contributed by atoms with Gasteiger partial charge in [-0.15, -0.1) is 0 Å². The zero-order chi connectivity index (χ0) is 21.8. The number of aromatic nitrogens is 2. The molecule has 1 aliphatic heterocycles. The molecule has 0 saturated carbocycles. The lowest BCUT2D eigenvalue weighted by Gasteiger charge is -2.21. The number of aromatic amines is 1. The number of fused-ring (bicyclic) bond motifs is 1. The van der Waals surface area contributed by atoms with Crippen LogP contribution in [0.25, 0.3) is 11.0 Å². The number of hydrogen-bond acceptors (Lipinski definition) is 5. The van der Waals surface area contributed by atoms with Crippen LogP contribution < -0.4 is 15.5 Å². The first-order chi connectivity index (χ1) is 15.0. The Morgan fingerprint density at radius 3 is 2.71 bits per heavy atom. The SMILES string of the molecule is Cc1ccc(NC(=O)NC(=O)CN2CCCN(c3nc4ccccc4[nH]3)CC2)c(C)c1. The molecule has 2 aromatic carbocycles. The molecule has 3 amide bonds. The van der Waals surface area contributed by atoms with Crippen molar-refractivity contribution in [1.29, 1.82) is 0 Å². The van der Waals surface area contributed by atoms with Crippen molar-refractivity contribution in [2.45, 2.75) is 20.3 Å². The number of aryl methyl sites for hydroxylation is 2. The molecule has 162 valence electrons. The maximum absolute atomic E-state index is 12.4. The predicted octanol–water partition coefficient (Wildman–Crippen LogP) is 3.04. The van der Waals surface area contributed by atoms with Gasteiger partial charge in [0, 0.05) is 31.9 Å². The molecule has 31 heavy (non-hydrogen) atoms. The summed E-state index contributed by atoms with van der Waals surface area (Å²) in [6, 6.07) is 13.2. The van der Waals surface area contributed by atoms with Crippen LogP contribution in [0, 0.1) is 13.8 Å². The molecule has 0 spiro atoms. The molecule has 3 N–H and O–H groups in total. The number of imidazole rings is 1. The van der Waals surface area contributed by atoms with Crippen molar-refractivity contribution in [2.24, 2.45) is 0 Å².